The van der Waals surface area contributed by atoms with Gasteiger partial charge < -0.3 is 13.7 Å². The fraction of sp³-hybridized carbons (Fsp3) is 0.357. The summed E-state index contributed by atoms with van der Waals surface area (Å²) in [5, 5.41) is 0. The van der Waals surface area contributed by atoms with E-state index >= 15 is 0 Å². The van der Waals surface area contributed by atoms with Crippen LogP contribution in [0.4, 0.5) is 0 Å². The summed E-state index contributed by atoms with van der Waals surface area (Å²) in [5.41, 5.74) is 0. The summed E-state index contributed by atoms with van der Waals surface area (Å²) in [4.78, 5) is 13.9. The highest BCUT2D eigenvalue weighted by Gasteiger charge is 2.16. The number of furan rings is 2. The second-order valence-corrected chi connectivity index (χ2v) is 4.58. The summed E-state index contributed by atoms with van der Waals surface area (Å²) in [6, 6.07) is 7.32. The summed E-state index contributed by atoms with van der Waals surface area (Å²) >= 11 is 5.63. The third kappa shape index (κ3) is 4.17. The van der Waals surface area contributed by atoms with E-state index in [1.807, 2.05) is 24.3 Å². The van der Waals surface area contributed by atoms with Gasteiger partial charge in [-0.15, -0.1) is 11.6 Å². The third-order valence-corrected chi connectivity index (χ3v) is 3.00. The fourth-order valence-corrected chi connectivity index (χ4v) is 1.92. The minimum absolute atomic E-state index is 0.0495. The molecule has 0 spiro atoms. The average Bonchev–Trinajstić information content (AvgIpc) is 3.08. The molecule has 2 aromatic heterocycles. The number of halogens is 1. The van der Waals surface area contributed by atoms with Crippen LogP contribution in [0.3, 0.4) is 0 Å². The van der Waals surface area contributed by atoms with Crippen LogP contribution in [0.25, 0.3) is 0 Å². The van der Waals surface area contributed by atoms with Crippen LogP contribution in [0.2, 0.25) is 0 Å². The molecule has 0 aliphatic heterocycles. The van der Waals surface area contributed by atoms with E-state index in [2.05, 4.69) is 0 Å². The highest BCUT2D eigenvalue weighted by atomic mass is 35.5. The zero-order valence-electron chi connectivity index (χ0n) is 10.5. The highest BCUT2D eigenvalue weighted by molar-refractivity contribution is 6.17. The molecule has 0 saturated heterocycles. The standard InChI is InChI=1S/C14H16ClNO3/c15-7-1-6-14(17)16(10-12-4-2-8-18-12)11-13-5-3-9-19-13/h2-5,8-9H,1,6-7,10-11H2. The lowest BCUT2D eigenvalue weighted by atomic mass is 10.2. The molecule has 4 nitrogen and oxygen atoms in total. The van der Waals surface area contributed by atoms with Crippen molar-refractivity contribution in [1.29, 1.82) is 0 Å². The van der Waals surface area contributed by atoms with Gasteiger partial charge >= 0.3 is 0 Å². The molecule has 102 valence electrons. The Balaban J connectivity index is 2.01. The molecular formula is C14H16ClNO3. The number of amides is 1. The minimum Gasteiger partial charge on any atom is -0.467 e. The minimum atomic E-state index is 0.0495. The van der Waals surface area contributed by atoms with Gasteiger partial charge in [0.2, 0.25) is 5.91 Å². The Morgan fingerprint density at radius 3 is 2.11 bits per heavy atom. The van der Waals surface area contributed by atoms with Crippen molar-refractivity contribution in [3.63, 3.8) is 0 Å². The molecule has 5 heteroatoms. The fourth-order valence-electron chi connectivity index (χ4n) is 1.79. The van der Waals surface area contributed by atoms with E-state index in [0.29, 0.717) is 31.8 Å². The zero-order valence-corrected chi connectivity index (χ0v) is 11.3. The Kier molecular flexibility index (Phi) is 5.10. The molecule has 0 aromatic carbocycles. The summed E-state index contributed by atoms with van der Waals surface area (Å²) in [6.07, 6.45) is 4.31. The SMILES string of the molecule is O=C(CCCCl)N(Cc1ccco1)Cc1ccco1. The molecule has 2 rings (SSSR count). The van der Waals surface area contributed by atoms with E-state index in [9.17, 15) is 4.79 Å². The topological polar surface area (TPSA) is 46.6 Å². The van der Waals surface area contributed by atoms with E-state index in [0.717, 1.165) is 11.5 Å². The predicted molar refractivity (Wildman–Crippen MR) is 71.6 cm³/mol. The van der Waals surface area contributed by atoms with Gasteiger partial charge in [0, 0.05) is 12.3 Å². The molecule has 0 bridgehead atoms. The first-order valence-corrected chi connectivity index (χ1v) is 6.71. The summed E-state index contributed by atoms with van der Waals surface area (Å²) in [5.74, 6) is 2.05. The van der Waals surface area contributed by atoms with E-state index in [1.54, 1.807) is 17.4 Å². The van der Waals surface area contributed by atoms with E-state index in [-0.39, 0.29) is 5.91 Å². The second kappa shape index (κ2) is 7.04. The van der Waals surface area contributed by atoms with Crippen LogP contribution < -0.4 is 0 Å². The average molecular weight is 282 g/mol. The third-order valence-electron chi connectivity index (χ3n) is 2.73. The summed E-state index contributed by atoms with van der Waals surface area (Å²) < 4.78 is 10.6. The number of alkyl halides is 1. The first-order chi connectivity index (χ1) is 9.29. The van der Waals surface area contributed by atoms with Crippen LogP contribution >= 0.6 is 11.6 Å². The summed E-state index contributed by atoms with van der Waals surface area (Å²) in [7, 11) is 0. The molecule has 0 atom stereocenters. The van der Waals surface area contributed by atoms with E-state index in [4.69, 9.17) is 20.4 Å². The molecule has 0 N–H and O–H groups in total. The number of hydrogen-bond acceptors (Lipinski definition) is 3. The van der Waals surface area contributed by atoms with Gasteiger partial charge in [-0.2, -0.15) is 0 Å². The van der Waals surface area contributed by atoms with E-state index in [1.165, 1.54) is 0 Å². The largest absolute Gasteiger partial charge is 0.467 e. The zero-order chi connectivity index (χ0) is 13.5. The number of carbonyl (C=O) groups is 1. The van der Waals surface area contributed by atoms with Gasteiger partial charge in [0.15, 0.2) is 0 Å². The molecule has 0 aliphatic carbocycles. The monoisotopic (exact) mass is 281 g/mol. The van der Waals surface area contributed by atoms with Gasteiger partial charge in [-0.05, 0) is 30.7 Å². The molecule has 2 aromatic rings. The molecule has 0 fully saturated rings. The van der Waals surface area contributed by atoms with Crippen LogP contribution in [0.15, 0.2) is 45.6 Å². The van der Waals surface area contributed by atoms with E-state index < -0.39 is 0 Å². The maximum atomic E-state index is 12.1. The molecule has 2 heterocycles. The Labute approximate surface area is 116 Å². The lowest BCUT2D eigenvalue weighted by Gasteiger charge is -2.20. The Morgan fingerprint density at radius 2 is 1.68 bits per heavy atom. The Bertz CT molecular complexity index is 443. The van der Waals surface area contributed by atoms with Gasteiger partial charge in [0.1, 0.15) is 11.5 Å². The summed E-state index contributed by atoms with van der Waals surface area (Å²) in [6.45, 7) is 0.879. The number of nitrogens with zero attached hydrogens (tertiary/aromatic N) is 1. The van der Waals surface area contributed by atoms with Crippen molar-refractivity contribution in [2.75, 3.05) is 5.88 Å². The smallest absolute Gasteiger partial charge is 0.223 e. The van der Waals surface area contributed by atoms with Gasteiger partial charge in [0.25, 0.3) is 0 Å². The normalized spacial score (nSPS) is 10.6. The van der Waals surface area contributed by atoms with Crippen LogP contribution in [-0.4, -0.2) is 16.7 Å². The van der Waals surface area contributed by atoms with Crippen molar-refractivity contribution in [3.05, 3.63) is 48.3 Å². The molecule has 1 amide bonds. The molecule has 0 saturated carbocycles. The van der Waals surface area contributed by atoms with Crippen molar-refractivity contribution in [3.8, 4) is 0 Å². The number of rotatable bonds is 7. The van der Waals surface area contributed by atoms with Gasteiger partial charge in [0.05, 0.1) is 25.6 Å². The van der Waals surface area contributed by atoms with Gasteiger partial charge in [-0.1, -0.05) is 0 Å². The van der Waals surface area contributed by atoms with Crippen molar-refractivity contribution in [2.24, 2.45) is 0 Å². The highest BCUT2D eigenvalue weighted by Crippen LogP contribution is 2.13. The lowest BCUT2D eigenvalue weighted by Crippen LogP contribution is -2.29. The first-order valence-electron chi connectivity index (χ1n) is 6.18. The van der Waals surface area contributed by atoms with Crippen molar-refractivity contribution in [1.82, 2.24) is 4.90 Å². The van der Waals surface area contributed by atoms with Crippen molar-refractivity contribution < 1.29 is 13.6 Å². The molecule has 19 heavy (non-hydrogen) atoms. The molecule has 0 unspecified atom stereocenters. The second-order valence-electron chi connectivity index (χ2n) is 4.20. The van der Waals surface area contributed by atoms with Crippen LogP contribution in [0.1, 0.15) is 24.4 Å². The molecule has 0 radical (unpaired) electrons. The maximum Gasteiger partial charge on any atom is 0.223 e. The van der Waals surface area contributed by atoms with Crippen molar-refractivity contribution in [2.45, 2.75) is 25.9 Å². The molecule has 0 aliphatic rings. The van der Waals surface area contributed by atoms with Crippen LogP contribution in [0, 0.1) is 0 Å². The lowest BCUT2D eigenvalue weighted by molar-refractivity contribution is -0.133. The van der Waals surface area contributed by atoms with Crippen LogP contribution in [-0.2, 0) is 17.9 Å². The Morgan fingerprint density at radius 1 is 1.11 bits per heavy atom. The molecular weight excluding hydrogens is 266 g/mol. The van der Waals surface area contributed by atoms with Gasteiger partial charge in [-0.25, -0.2) is 0 Å². The Hall–Kier alpha value is -1.68. The first kappa shape index (κ1) is 13.7. The predicted octanol–water partition coefficient (Wildman–Crippen LogP) is 3.42. The quantitative estimate of drug-likeness (QED) is 0.731. The maximum absolute atomic E-state index is 12.1. The van der Waals surface area contributed by atoms with Crippen LogP contribution in [0.5, 0.6) is 0 Å². The number of carbonyl (C=O) groups excluding carboxylic acids is 1. The van der Waals surface area contributed by atoms with Gasteiger partial charge in [-0.3, -0.25) is 4.79 Å². The number of hydrogen-bond donors (Lipinski definition) is 0. The van der Waals surface area contributed by atoms with Crippen molar-refractivity contribution >= 4 is 17.5 Å².